The molecule has 0 atom stereocenters. The normalized spacial score (nSPS) is 11.3. The van der Waals surface area contributed by atoms with Gasteiger partial charge in [-0.15, -0.1) is 0 Å². The second-order valence-electron chi connectivity index (χ2n) is 3.14. The zero-order valence-corrected chi connectivity index (χ0v) is 8.84. The summed E-state index contributed by atoms with van der Waals surface area (Å²) in [6.45, 7) is 0.303. The molecule has 0 aliphatic carbocycles. The van der Waals surface area contributed by atoms with Crippen LogP contribution in [0.25, 0.3) is 0 Å². The Morgan fingerprint density at radius 1 is 1.44 bits per heavy atom. The zero-order valence-electron chi connectivity index (χ0n) is 8.84. The van der Waals surface area contributed by atoms with Crippen molar-refractivity contribution in [3.8, 4) is 0 Å². The fourth-order valence-corrected chi connectivity index (χ4v) is 1.18. The maximum Gasteiger partial charge on any atom is 0.159 e. The SMILES string of the molecule is CN=C(CC=O)NCc1ccc(F)c(F)c1. The Bertz CT molecular complexity index is 405. The second kappa shape index (κ2) is 5.95. The van der Waals surface area contributed by atoms with Crippen molar-refractivity contribution in [2.24, 2.45) is 4.99 Å². The van der Waals surface area contributed by atoms with Crippen molar-refractivity contribution in [3.05, 3.63) is 35.4 Å². The Morgan fingerprint density at radius 2 is 2.19 bits per heavy atom. The van der Waals surface area contributed by atoms with Crippen LogP contribution in [0.5, 0.6) is 0 Å². The molecule has 0 spiro atoms. The van der Waals surface area contributed by atoms with Crippen molar-refractivity contribution in [1.29, 1.82) is 0 Å². The standard InChI is InChI=1S/C11H12F2N2O/c1-14-11(4-5-16)15-7-8-2-3-9(12)10(13)6-8/h2-3,5-6H,4,7H2,1H3,(H,14,15). The van der Waals surface area contributed by atoms with Gasteiger partial charge in [0.2, 0.25) is 0 Å². The van der Waals surface area contributed by atoms with E-state index >= 15 is 0 Å². The molecule has 0 saturated carbocycles. The summed E-state index contributed by atoms with van der Waals surface area (Å²) in [6.07, 6.45) is 0.904. The Balaban J connectivity index is 2.60. The molecule has 5 heteroatoms. The number of carbonyl (C=O) groups excluding carboxylic acids is 1. The smallest absolute Gasteiger partial charge is 0.159 e. The fourth-order valence-electron chi connectivity index (χ4n) is 1.18. The Labute approximate surface area is 92.2 Å². The number of hydrogen-bond acceptors (Lipinski definition) is 2. The van der Waals surface area contributed by atoms with Crippen LogP contribution in [0.2, 0.25) is 0 Å². The highest BCUT2D eigenvalue weighted by atomic mass is 19.2. The topological polar surface area (TPSA) is 41.5 Å². The Morgan fingerprint density at radius 3 is 2.75 bits per heavy atom. The summed E-state index contributed by atoms with van der Waals surface area (Å²) in [7, 11) is 1.55. The van der Waals surface area contributed by atoms with Crippen molar-refractivity contribution in [2.75, 3.05) is 7.05 Å². The highest BCUT2D eigenvalue weighted by molar-refractivity contribution is 5.92. The minimum absolute atomic E-state index is 0.181. The van der Waals surface area contributed by atoms with Gasteiger partial charge in [-0.3, -0.25) is 4.99 Å². The van der Waals surface area contributed by atoms with Crippen LogP contribution in [0.4, 0.5) is 8.78 Å². The lowest BCUT2D eigenvalue weighted by Gasteiger charge is -2.07. The average molecular weight is 226 g/mol. The lowest BCUT2D eigenvalue weighted by atomic mass is 10.2. The first-order valence-electron chi connectivity index (χ1n) is 4.74. The van der Waals surface area contributed by atoms with Gasteiger partial charge >= 0.3 is 0 Å². The number of hydrogen-bond donors (Lipinski definition) is 1. The minimum Gasteiger partial charge on any atom is -0.369 e. The van der Waals surface area contributed by atoms with Gasteiger partial charge in [0.15, 0.2) is 11.6 Å². The molecular weight excluding hydrogens is 214 g/mol. The molecule has 0 unspecified atom stereocenters. The molecule has 86 valence electrons. The van der Waals surface area contributed by atoms with Gasteiger partial charge in [-0.1, -0.05) is 6.07 Å². The third-order valence-electron chi connectivity index (χ3n) is 2.03. The van der Waals surface area contributed by atoms with Crippen LogP contribution in [0, 0.1) is 11.6 Å². The van der Waals surface area contributed by atoms with E-state index in [9.17, 15) is 13.6 Å². The highest BCUT2D eigenvalue weighted by Gasteiger charge is 2.03. The van der Waals surface area contributed by atoms with Crippen LogP contribution >= 0.6 is 0 Å². The molecule has 3 nitrogen and oxygen atoms in total. The van der Waals surface area contributed by atoms with Gasteiger partial charge in [0, 0.05) is 13.6 Å². The van der Waals surface area contributed by atoms with Crippen LogP contribution in [-0.4, -0.2) is 19.2 Å². The summed E-state index contributed by atoms with van der Waals surface area (Å²) in [4.78, 5) is 14.1. The van der Waals surface area contributed by atoms with Crippen LogP contribution in [0.15, 0.2) is 23.2 Å². The van der Waals surface area contributed by atoms with E-state index in [0.717, 1.165) is 18.4 Å². The molecule has 0 aromatic heterocycles. The maximum atomic E-state index is 12.8. The van der Waals surface area contributed by atoms with Gasteiger partial charge in [0.1, 0.15) is 12.1 Å². The second-order valence-corrected chi connectivity index (χ2v) is 3.14. The molecule has 1 N–H and O–H groups in total. The lowest BCUT2D eigenvalue weighted by molar-refractivity contribution is -0.106. The van der Waals surface area contributed by atoms with Gasteiger partial charge in [-0.05, 0) is 17.7 Å². The molecule has 0 aliphatic heterocycles. The van der Waals surface area contributed by atoms with Gasteiger partial charge in [-0.25, -0.2) is 8.78 Å². The largest absolute Gasteiger partial charge is 0.369 e. The summed E-state index contributed by atoms with van der Waals surface area (Å²) in [5.74, 6) is -1.24. The van der Waals surface area contributed by atoms with Gasteiger partial charge in [0.05, 0.1) is 6.42 Å². The van der Waals surface area contributed by atoms with Gasteiger partial charge in [0.25, 0.3) is 0 Å². The Kier molecular flexibility index (Phi) is 4.57. The van der Waals surface area contributed by atoms with Crippen LogP contribution in [-0.2, 0) is 11.3 Å². The maximum absolute atomic E-state index is 12.8. The molecule has 1 rings (SSSR count). The molecule has 1 aromatic rings. The number of carbonyl (C=O) groups is 1. The molecule has 16 heavy (non-hydrogen) atoms. The summed E-state index contributed by atoms with van der Waals surface area (Å²) in [6, 6.07) is 3.64. The summed E-state index contributed by atoms with van der Waals surface area (Å²) < 4.78 is 25.5. The number of aldehydes is 1. The first-order valence-corrected chi connectivity index (χ1v) is 4.74. The van der Waals surface area contributed by atoms with E-state index in [-0.39, 0.29) is 6.42 Å². The van der Waals surface area contributed by atoms with Crippen molar-refractivity contribution in [3.63, 3.8) is 0 Å². The predicted molar refractivity (Wildman–Crippen MR) is 57.2 cm³/mol. The van der Waals surface area contributed by atoms with Crippen molar-refractivity contribution < 1.29 is 13.6 Å². The number of aliphatic imine (C=N–C) groups is 1. The predicted octanol–water partition coefficient (Wildman–Crippen LogP) is 1.67. The quantitative estimate of drug-likeness (QED) is 0.482. The van der Waals surface area contributed by atoms with E-state index in [1.165, 1.54) is 6.07 Å². The number of nitrogens with one attached hydrogen (secondary N) is 1. The third kappa shape index (κ3) is 3.42. The number of rotatable bonds is 4. The van der Waals surface area contributed by atoms with E-state index in [1.54, 1.807) is 7.05 Å². The number of nitrogens with zero attached hydrogens (tertiary/aromatic N) is 1. The van der Waals surface area contributed by atoms with Crippen LogP contribution in [0.1, 0.15) is 12.0 Å². The molecule has 0 radical (unpaired) electrons. The van der Waals surface area contributed by atoms with E-state index in [1.807, 2.05) is 0 Å². The lowest BCUT2D eigenvalue weighted by Crippen LogP contribution is -2.23. The fraction of sp³-hybridized carbons (Fsp3) is 0.273. The number of halogens is 2. The Hall–Kier alpha value is -1.78. The van der Waals surface area contributed by atoms with Crippen molar-refractivity contribution >= 4 is 12.1 Å². The van der Waals surface area contributed by atoms with Crippen molar-refractivity contribution in [1.82, 2.24) is 5.32 Å². The van der Waals surface area contributed by atoms with E-state index in [2.05, 4.69) is 10.3 Å². The van der Waals surface area contributed by atoms with E-state index < -0.39 is 11.6 Å². The summed E-state index contributed by atoms with van der Waals surface area (Å²) >= 11 is 0. The molecular formula is C11H12F2N2O. The minimum atomic E-state index is -0.885. The molecule has 0 heterocycles. The third-order valence-corrected chi connectivity index (χ3v) is 2.03. The monoisotopic (exact) mass is 226 g/mol. The zero-order chi connectivity index (χ0) is 12.0. The summed E-state index contributed by atoms with van der Waals surface area (Å²) in [5, 5.41) is 2.86. The van der Waals surface area contributed by atoms with Gasteiger partial charge in [-0.2, -0.15) is 0 Å². The summed E-state index contributed by atoms with van der Waals surface area (Å²) in [5.41, 5.74) is 0.589. The first-order chi connectivity index (χ1) is 7.67. The van der Waals surface area contributed by atoms with E-state index in [0.29, 0.717) is 17.9 Å². The molecule has 0 fully saturated rings. The van der Waals surface area contributed by atoms with Crippen LogP contribution < -0.4 is 5.32 Å². The molecule has 0 aliphatic rings. The number of amidine groups is 1. The highest BCUT2D eigenvalue weighted by Crippen LogP contribution is 2.08. The molecule has 0 amide bonds. The van der Waals surface area contributed by atoms with Gasteiger partial charge < -0.3 is 10.1 Å². The molecule has 0 saturated heterocycles. The molecule has 0 bridgehead atoms. The number of benzene rings is 1. The first kappa shape index (κ1) is 12.3. The average Bonchev–Trinajstić information content (AvgIpc) is 2.28. The van der Waals surface area contributed by atoms with E-state index in [4.69, 9.17) is 0 Å². The molecule has 1 aromatic carbocycles. The van der Waals surface area contributed by atoms with Crippen molar-refractivity contribution in [2.45, 2.75) is 13.0 Å². The van der Waals surface area contributed by atoms with Crippen LogP contribution in [0.3, 0.4) is 0 Å².